The van der Waals surface area contributed by atoms with Gasteiger partial charge in [0.2, 0.25) is 0 Å². The molecule has 0 amide bonds. The maximum absolute atomic E-state index is 12.0. The Morgan fingerprint density at radius 2 is 2.06 bits per heavy atom. The molecular formula is C12H18F3NO. The van der Waals surface area contributed by atoms with Crippen LogP contribution in [0.25, 0.3) is 0 Å². The van der Waals surface area contributed by atoms with Crippen molar-refractivity contribution in [1.82, 2.24) is 5.32 Å². The molecule has 5 heteroatoms. The van der Waals surface area contributed by atoms with Crippen LogP contribution in [0.2, 0.25) is 0 Å². The molecule has 1 unspecified atom stereocenters. The van der Waals surface area contributed by atoms with Crippen LogP contribution in [0, 0.1) is 0 Å². The van der Waals surface area contributed by atoms with E-state index >= 15 is 0 Å². The summed E-state index contributed by atoms with van der Waals surface area (Å²) in [6.07, 6.45) is -2.52. The van der Waals surface area contributed by atoms with E-state index in [1.54, 1.807) is 12.3 Å². The summed E-state index contributed by atoms with van der Waals surface area (Å²) in [7, 11) is 0. The van der Waals surface area contributed by atoms with Crippen LogP contribution >= 0.6 is 0 Å². The second-order valence-corrected chi connectivity index (χ2v) is 4.31. The van der Waals surface area contributed by atoms with Gasteiger partial charge in [-0.25, -0.2) is 0 Å². The second kappa shape index (κ2) is 6.10. The average molecular weight is 249 g/mol. The van der Waals surface area contributed by atoms with Crippen molar-refractivity contribution in [3.8, 4) is 0 Å². The van der Waals surface area contributed by atoms with E-state index in [0.29, 0.717) is 6.42 Å². The molecule has 2 atom stereocenters. The third kappa shape index (κ3) is 5.77. The fourth-order valence-electron chi connectivity index (χ4n) is 1.74. The molecule has 0 bridgehead atoms. The number of nitrogens with one attached hydrogen (secondary N) is 1. The minimum absolute atomic E-state index is 0.0193. The quantitative estimate of drug-likeness (QED) is 0.822. The number of alkyl halides is 3. The first-order valence-electron chi connectivity index (χ1n) is 5.74. The second-order valence-electron chi connectivity index (χ2n) is 4.31. The van der Waals surface area contributed by atoms with Gasteiger partial charge in [-0.2, -0.15) is 13.2 Å². The molecule has 0 aromatic carbocycles. The predicted molar refractivity (Wildman–Crippen MR) is 59.6 cm³/mol. The maximum Gasteiger partial charge on any atom is 0.389 e. The van der Waals surface area contributed by atoms with Crippen molar-refractivity contribution < 1.29 is 17.6 Å². The number of furan rings is 1. The van der Waals surface area contributed by atoms with Crippen LogP contribution in [0.15, 0.2) is 22.8 Å². The topological polar surface area (TPSA) is 25.2 Å². The SMILES string of the molecule is CC(CCCC(F)(F)F)N[C@H](C)c1ccco1. The first-order chi connectivity index (χ1) is 7.88. The van der Waals surface area contributed by atoms with E-state index in [9.17, 15) is 13.2 Å². The van der Waals surface area contributed by atoms with Gasteiger partial charge in [0.05, 0.1) is 12.3 Å². The summed E-state index contributed by atoms with van der Waals surface area (Å²) in [6, 6.07) is 3.70. The Morgan fingerprint density at radius 3 is 2.59 bits per heavy atom. The molecule has 0 radical (unpaired) electrons. The zero-order valence-corrected chi connectivity index (χ0v) is 10.1. The first-order valence-corrected chi connectivity index (χ1v) is 5.74. The van der Waals surface area contributed by atoms with Crippen molar-refractivity contribution in [1.29, 1.82) is 0 Å². The molecule has 0 fully saturated rings. The largest absolute Gasteiger partial charge is 0.468 e. The highest BCUT2D eigenvalue weighted by molar-refractivity contribution is 5.03. The molecule has 2 nitrogen and oxygen atoms in total. The molecule has 1 N–H and O–H groups in total. The van der Waals surface area contributed by atoms with Gasteiger partial charge in [-0.15, -0.1) is 0 Å². The van der Waals surface area contributed by atoms with Crippen LogP contribution in [0.3, 0.4) is 0 Å². The molecule has 1 aromatic rings. The molecule has 1 aromatic heterocycles. The maximum atomic E-state index is 12.0. The van der Waals surface area contributed by atoms with E-state index in [1.807, 2.05) is 19.9 Å². The minimum atomic E-state index is -4.05. The highest BCUT2D eigenvalue weighted by atomic mass is 19.4. The van der Waals surface area contributed by atoms with Crippen LogP contribution in [-0.2, 0) is 0 Å². The molecule has 1 rings (SSSR count). The third-order valence-electron chi connectivity index (χ3n) is 2.60. The van der Waals surface area contributed by atoms with Crippen molar-refractivity contribution in [2.45, 2.75) is 51.4 Å². The lowest BCUT2D eigenvalue weighted by atomic mass is 10.1. The molecule has 0 aliphatic carbocycles. The Morgan fingerprint density at radius 1 is 1.35 bits per heavy atom. The monoisotopic (exact) mass is 249 g/mol. The third-order valence-corrected chi connectivity index (χ3v) is 2.60. The van der Waals surface area contributed by atoms with Crippen LogP contribution in [-0.4, -0.2) is 12.2 Å². The van der Waals surface area contributed by atoms with Crippen molar-refractivity contribution in [2.24, 2.45) is 0 Å². The summed E-state index contributed by atoms with van der Waals surface area (Å²) >= 11 is 0. The van der Waals surface area contributed by atoms with E-state index < -0.39 is 12.6 Å². The summed E-state index contributed by atoms with van der Waals surface area (Å²) in [5.74, 6) is 0.799. The van der Waals surface area contributed by atoms with E-state index in [0.717, 1.165) is 5.76 Å². The number of rotatable bonds is 6. The van der Waals surface area contributed by atoms with E-state index in [1.165, 1.54) is 0 Å². The zero-order valence-electron chi connectivity index (χ0n) is 10.1. The van der Waals surface area contributed by atoms with Crippen LogP contribution < -0.4 is 5.32 Å². The van der Waals surface area contributed by atoms with Gasteiger partial charge < -0.3 is 9.73 Å². The van der Waals surface area contributed by atoms with Gasteiger partial charge in [0, 0.05) is 12.5 Å². The van der Waals surface area contributed by atoms with E-state index in [2.05, 4.69) is 5.32 Å². The van der Waals surface area contributed by atoms with Crippen molar-refractivity contribution in [3.63, 3.8) is 0 Å². The molecule has 0 spiro atoms. The summed E-state index contributed by atoms with van der Waals surface area (Å²) in [4.78, 5) is 0. The van der Waals surface area contributed by atoms with Gasteiger partial charge in [0.25, 0.3) is 0 Å². The van der Waals surface area contributed by atoms with Crippen LogP contribution in [0.4, 0.5) is 13.2 Å². The molecule has 0 aliphatic rings. The smallest absolute Gasteiger partial charge is 0.389 e. The molecule has 0 saturated heterocycles. The first kappa shape index (κ1) is 14.1. The Labute approximate surface area is 99.2 Å². The molecule has 98 valence electrons. The standard InChI is InChI=1S/C12H18F3NO/c1-9(5-3-7-12(13,14)15)16-10(2)11-6-4-8-17-11/h4,6,8-10,16H,3,5,7H2,1-2H3/t9?,10-/m1/s1. The Bertz CT molecular complexity index is 308. The van der Waals surface area contributed by atoms with Gasteiger partial charge in [0.1, 0.15) is 5.76 Å². The lowest BCUT2D eigenvalue weighted by molar-refractivity contribution is -0.135. The molecule has 0 aliphatic heterocycles. The zero-order chi connectivity index (χ0) is 12.9. The lowest BCUT2D eigenvalue weighted by Crippen LogP contribution is -2.29. The lowest BCUT2D eigenvalue weighted by Gasteiger charge is -2.18. The van der Waals surface area contributed by atoms with Gasteiger partial charge in [-0.1, -0.05) is 0 Å². The van der Waals surface area contributed by atoms with E-state index in [-0.39, 0.29) is 18.5 Å². The Hall–Kier alpha value is -0.970. The number of halogens is 3. The molecular weight excluding hydrogens is 231 g/mol. The van der Waals surface area contributed by atoms with Gasteiger partial charge in [-0.05, 0) is 38.8 Å². The highest BCUT2D eigenvalue weighted by Gasteiger charge is 2.26. The fourth-order valence-corrected chi connectivity index (χ4v) is 1.74. The Kier molecular flexibility index (Phi) is 5.05. The average Bonchev–Trinajstić information content (AvgIpc) is 2.67. The Balaban J connectivity index is 2.23. The summed E-state index contributed by atoms with van der Waals surface area (Å²) in [5.41, 5.74) is 0. The number of hydrogen-bond donors (Lipinski definition) is 1. The van der Waals surface area contributed by atoms with Crippen molar-refractivity contribution in [2.75, 3.05) is 0 Å². The summed E-state index contributed by atoms with van der Waals surface area (Å²) in [6.45, 7) is 3.81. The molecule has 17 heavy (non-hydrogen) atoms. The normalized spacial score (nSPS) is 15.8. The van der Waals surface area contributed by atoms with Crippen LogP contribution in [0.5, 0.6) is 0 Å². The van der Waals surface area contributed by atoms with Crippen molar-refractivity contribution >= 4 is 0 Å². The van der Waals surface area contributed by atoms with E-state index in [4.69, 9.17) is 4.42 Å². The number of hydrogen-bond acceptors (Lipinski definition) is 2. The van der Waals surface area contributed by atoms with Gasteiger partial charge in [-0.3, -0.25) is 0 Å². The summed E-state index contributed by atoms with van der Waals surface area (Å²) < 4.78 is 41.1. The molecule has 1 heterocycles. The summed E-state index contributed by atoms with van der Waals surface area (Å²) in [5, 5.41) is 3.21. The highest BCUT2D eigenvalue weighted by Crippen LogP contribution is 2.23. The van der Waals surface area contributed by atoms with Gasteiger partial charge >= 0.3 is 6.18 Å². The predicted octanol–water partition coefficient (Wildman–Crippen LogP) is 4.05. The van der Waals surface area contributed by atoms with Gasteiger partial charge in [0.15, 0.2) is 0 Å². The fraction of sp³-hybridized carbons (Fsp3) is 0.667. The van der Waals surface area contributed by atoms with Crippen LogP contribution in [0.1, 0.15) is 44.9 Å². The van der Waals surface area contributed by atoms with Crippen molar-refractivity contribution in [3.05, 3.63) is 24.2 Å². The molecule has 0 saturated carbocycles. The minimum Gasteiger partial charge on any atom is -0.468 e.